The first-order valence-electron chi connectivity index (χ1n) is 11.3. The zero-order valence-electron chi connectivity index (χ0n) is 18.4. The van der Waals surface area contributed by atoms with Gasteiger partial charge in [0.2, 0.25) is 0 Å². The summed E-state index contributed by atoms with van der Waals surface area (Å²) in [7, 11) is 0. The molecule has 0 unspecified atom stereocenters. The lowest BCUT2D eigenvalue weighted by atomic mass is 9.46. The van der Waals surface area contributed by atoms with Gasteiger partial charge in [-0.2, -0.15) is 0 Å². The van der Waals surface area contributed by atoms with E-state index in [1.54, 1.807) is 6.92 Å². The first-order chi connectivity index (χ1) is 13.7. The molecule has 0 aromatic carbocycles. The maximum Gasteiger partial charge on any atom is 0.303 e. The highest BCUT2D eigenvalue weighted by Gasteiger charge is 2.67. The molecule has 5 nitrogen and oxygen atoms in total. The summed E-state index contributed by atoms with van der Waals surface area (Å²) >= 11 is 0. The minimum atomic E-state index is -0.961. The molecule has 4 aliphatic rings. The molecule has 0 aromatic rings. The highest BCUT2D eigenvalue weighted by molar-refractivity contribution is 5.96. The summed E-state index contributed by atoms with van der Waals surface area (Å²) in [6, 6.07) is 0. The molecule has 29 heavy (non-hydrogen) atoms. The summed E-state index contributed by atoms with van der Waals surface area (Å²) in [5.74, 6) is 2.67. The number of oxime groups is 1. The van der Waals surface area contributed by atoms with E-state index in [1.165, 1.54) is 12.5 Å². The van der Waals surface area contributed by atoms with Gasteiger partial charge in [-0.25, -0.2) is 0 Å². The molecule has 3 saturated carbocycles. The predicted molar refractivity (Wildman–Crippen MR) is 111 cm³/mol. The zero-order chi connectivity index (χ0) is 21.1. The number of Topliss-reactive ketones (excluding diaryl/α,β-unsaturated/α-hetero) is 1. The Bertz CT molecular complexity index is 786. The normalized spacial score (nSPS) is 47.6. The summed E-state index contributed by atoms with van der Waals surface area (Å²) in [6.45, 7) is 9.91. The predicted octanol–water partition coefficient (Wildman–Crippen LogP) is 4.77. The van der Waals surface area contributed by atoms with Crippen molar-refractivity contribution in [3.05, 3.63) is 11.6 Å². The summed E-state index contributed by atoms with van der Waals surface area (Å²) in [5, 5.41) is 12.8. The van der Waals surface area contributed by atoms with E-state index in [0.717, 1.165) is 37.8 Å². The van der Waals surface area contributed by atoms with Crippen LogP contribution < -0.4 is 0 Å². The largest absolute Gasteiger partial charge is 0.451 e. The van der Waals surface area contributed by atoms with Crippen LogP contribution in [0.3, 0.4) is 0 Å². The Hall–Kier alpha value is -1.65. The van der Waals surface area contributed by atoms with Gasteiger partial charge in [0.1, 0.15) is 0 Å². The van der Waals surface area contributed by atoms with Crippen molar-refractivity contribution in [3.63, 3.8) is 0 Å². The quantitative estimate of drug-likeness (QED) is 0.411. The number of allylic oxidation sites excluding steroid dienone is 2. The van der Waals surface area contributed by atoms with Gasteiger partial charge >= 0.3 is 5.97 Å². The van der Waals surface area contributed by atoms with Gasteiger partial charge in [0, 0.05) is 12.3 Å². The van der Waals surface area contributed by atoms with Crippen molar-refractivity contribution in [2.24, 2.45) is 46.1 Å². The van der Waals surface area contributed by atoms with Gasteiger partial charge in [-0.15, -0.1) is 0 Å². The van der Waals surface area contributed by atoms with Gasteiger partial charge < -0.3 is 9.94 Å². The molecule has 8 atom stereocenters. The van der Waals surface area contributed by atoms with Crippen molar-refractivity contribution in [1.29, 1.82) is 0 Å². The monoisotopic (exact) mass is 401 g/mol. The molecule has 0 saturated heterocycles. The highest BCUT2D eigenvalue weighted by Crippen LogP contribution is 2.67. The van der Waals surface area contributed by atoms with Crippen LogP contribution in [0.25, 0.3) is 0 Å². The van der Waals surface area contributed by atoms with Crippen LogP contribution in [0.2, 0.25) is 0 Å². The lowest BCUT2D eigenvalue weighted by Crippen LogP contribution is -2.59. The van der Waals surface area contributed by atoms with Crippen molar-refractivity contribution >= 4 is 17.5 Å². The fraction of sp³-hybridized carbons (Fsp3) is 0.792. The van der Waals surface area contributed by atoms with Crippen LogP contribution in [-0.4, -0.2) is 28.3 Å². The Balaban J connectivity index is 1.73. The molecule has 0 amide bonds. The van der Waals surface area contributed by atoms with Gasteiger partial charge in [-0.05, 0) is 87.0 Å². The third-order valence-corrected chi connectivity index (χ3v) is 9.43. The molecule has 0 bridgehead atoms. The van der Waals surface area contributed by atoms with E-state index >= 15 is 0 Å². The van der Waals surface area contributed by atoms with Crippen LogP contribution in [-0.2, 0) is 14.3 Å². The Morgan fingerprint density at radius 3 is 2.52 bits per heavy atom. The summed E-state index contributed by atoms with van der Waals surface area (Å²) in [5.41, 5.74) is 1.02. The molecule has 0 aliphatic heterocycles. The number of carbonyl (C=O) groups excluding carboxylic acids is 2. The van der Waals surface area contributed by atoms with Crippen molar-refractivity contribution in [3.8, 4) is 0 Å². The molecular weight excluding hydrogens is 366 g/mol. The minimum absolute atomic E-state index is 0.00899. The van der Waals surface area contributed by atoms with E-state index in [-0.39, 0.29) is 17.2 Å². The fourth-order valence-corrected chi connectivity index (χ4v) is 8.00. The average Bonchev–Trinajstić information content (AvgIpc) is 2.98. The van der Waals surface area contributed by atoms with Crippen LogP contribution >= 0.6 is 0 Å². The molecule has 5 heteroatoms. The van der Waals surface area contributed by atoms with Crippen LogP contribution in [0, 0.1) is 40.9 Å². The van der Waals surface area contributed by atoms with Crippen molar-refractivity contribution in [1.82, 2.24) is 0 Å². The summed E-state index contributed by atoms with van der Waals surface area (Å²) in [6.07, 6.45) is 7.64. The number of esters is 1. The van der Waals surface area contributed by atoms with E-state index in [4.69, 9.17) is 4.74 Å². The van der Waals surface area contributed by atoms with E-state index < -0.39 is 5.60 Å². The van der Waals surface area contributed by atoms with Gasteiger partial charge in [0.15, 0.2) is 11.4 Å². The smallest absolute Gasteiger partial charge is 0.303 e. The second kappa shape index (κ2) is 6.95. The van der Waals surface area contributed by atoms with Crippen LogP contribution in [0.1, 0.15) is 73.1 Å². The Kier molecular flexibility index (Phi) is 4.94. The van der Waals surface area contributed by atoms with E-state index in [2.05, 4.69) is 32.0 Å². The van der Waals surface area contributed by atoms with Gasteiger partial charge in [-0.1, -0.05) is 31.5 Å². The number of nitrogens with zero attached hydrogens (tertiary/aromatic N) is 1. The molecule has 4 rings (SSSR count). The second-order valence-electron chi connectivity index (χ2n) is 10.3. The summed E-state index contributed by atoms with van der Waals surface area (Å²) < 4.78 is 5.87. The lowest BCUT2D eigenvalue weighted by Gasteiger charge is -2.59. The van der Waals surface area contributed by atoms with E-state index in [9.17, 15) is 14.8 Å². The average molecular weight is 402 g/mol. The maximum absolute atomic E-state index is 12.8. The minimum Gasteiger partial charge on any atom is -0.451 e. The number of carbonyl (C=O) groups is 2. The van der Waals surface area contributed by atoms with Crippen molar-refractivity contribution in [2.75, 3.05) is 0 Å². The van der Waals surface area contributed by atoms with Crippen LogP contribution in [0.5, 0.6) is 0 Å². The Morgan fingerprint density at radius 2 is 1.90 bits per heavy atom. The number of hydrogen-bond donors (Lipinski definition) is 1. The van der Waals surface area contributed by atoms with Crippen LogP contribution in [0.15, 0.2) is 16.8 Å². The standard InChI is InChI=1S/C24H35NO4/c1-13-14(2)22-19(18-7-6-17(25-28)12-20(13)18)8-10-23(5)21(22)9-11-24(23,15(3)26)29-16(4)27/h12-14,18-19,21-22,28H,6-11H2,1-5H3/b25-17-/t13-,14+,18+,19+,21-,22+,23-,24-/m0/s1. The topological polar surface area (TPSA) is 76.0 Å². The fourth-order valence-electron chi connectivity index (χ4n) is 8.00. The van der Waals surface area contributed by atoms with Gasteiger partial charge in [0.25, 0.3) is 0 Å². The van der Waals surface area contributed by atoms with E-state index in [0.29, 0.717) is 41.9 Å². The first-order valence-corrected chi connectivity index (χ1v) is 11.3. The molecule has 160 valence electrons. The number of hydrogen-bond acceptors (Lipinski definition) is 5. The van der Waals surface area contributed by atoms with Crippen molar-refractivity contribution in [2.45, 2.75) is 78.7 Å². The first kappa shape index (κ1) is 20.6. The second-order valence-corrected chi connectivity index (χ2v) is 10.3. The molecule has 3 fully saturated rings. The highest BCUT2D eigenvalue weighted by atomic mass is 16.6. The number of fused-ring (bicyclic) bond motifs is 5. The van der Waals surface area contributed by atoms with Crippen LogP contribution in [0.4, 0.5) is 0 Å². The number of ether oxygens (including phenoxy) is 1. The summed E-state index contributed by atoms with van der Waals surface area (Å²) in [4.78, 5) is 24.8. The van der Waals surface area contributed by atoms with Crippen molar-refractivity contribution < 1.29 is 19.5 Å². The molecule has 0 heterocycles. The number of ketones is 1. The molecule has 0 aromatic heterocycles. The van der Waals surface area contributed by atoms with E-state index in [1.807, 2.05) is 0 Å². The Labute approximate surface area is 174 Å². The molecule has 0 spiro atoms. The third kappa shape index (κ3) is 2.75. The Morgan fingerprint density at radius 1 is 1.17 bits per heavy atom. The van der Waals surface area contributed by atoms with Gasteiger partial charge in [-0.3, -0.25) is 9.59 Å². The maximum atomic E-state index is 12.8. The van der Waals surface area contributed by atoms with Gasteiger partial charge in [0.05, 0.1) is 5.71 Å². The molecule has 0 radical (unpaired) electrons. The number of rotatable bonds is 2. The lowest BCUT2D eigenvalue weighted by molar-refractivity contribution is -0.187. The molecule has 1 N–H and O–H groups in total. The zero-order valence-corrected chi connectivity index (χ0v) is 18.4. The molecule has 4 aliphatic carbocycles. The SMILES string of the molecule is CC(=O)O[C@]1(C(C)=O)CC[C@H]2[C@@H]3[C@H](C)[C@H](C)C4=C/C(=N\O)CC[C@@H]4[C@H]3CC[C@@]21C. The molecular formula is C24H35NO4. The third-order valence-electron chi connectivity index (χ3n) is 9.43.